The second-order valence-corrected chi connectivity index (χ2v) is 9.88. The van der Waals surface area contributed by atoms with Gasteiger partial charge in [0.2, 0.25) is 0 Å². The highest BCUT2D eigenvalue weighted by Crippen LogP contribution is 2.41. The van der Waals surface area contributed by atoms with E-state index in [1.54, 1.807) is 24.3 Å². The van der Waals surface area contributed by atoms with E-state index in [1.807, 2.05) is 66.7 Å². The largest absolute Gasteiger partial charge is 0.484 e. The van der Waals surface area contributed by atoms with Crippen LogP contribution < -0.4 is 10.1 Å². The van der Waals surface area contributed by atoms with E-state index >= 15 is 0 Å². The van der Waals surface area contributed by atoms with Crippen molar-refractivity contribution in [2.45, 2.75) is 17.5 Å². The summed E-state index contributed by atoms with van der Waals surface area (Å²) in [5.74, 6) is -0.722. The van der Waals surface area contributed by atoms with Gasteiger partial charge in [-0.25, -0.2) is 4.79 Å². The van der Waals surface area contributed by atoms with Gasteiger partial charge in [0.25, 0.3) is 11.8 Å². The Balaban J connectivity index is 1.31. The molecule has 9 heteroatoms. The summed E-state index contributed by atoms with van der Waals surface area (Å²) >= 11 is 1.37. The third-order valence-electron chi connectivity index (χ3n) is 6.29. The molecule has 2 aliphatic heterocycles. The van der Waals surface area contributed by atoms with E-state index in [0.29, 0.717) is 17.1 Å². The van der Waals surface area contributed by atoms with Crippen molar-refractivity contribution in [1.82, 2.24) is 10.2 Å². The monoisotopic (exact) mass is 530 g/mol. The lowest BCUT2D eigenvalue weighted by atomic mass is 10.0. The number of nitrogens with zero attached hydrogens (tertiary/aromatic N) is 1. The Morgan fingerprint density at radius 3 is 2.11 bits per heavy atom. The molecule has 194 valence electrons. The molecule has 38 heavy (non-hydrogen) atoms. The molecule has 0 saturated carbocycles. The molecule has 1 fully saturated rings. The Kier molecular flexibility index (Phi) is 7.76. The van der Waals surface area contributed by atoms with Crippen molar-refractivity contribution in [1.29, 1.82) is 0 Å². The number of hydrogen-bond donors (Lipinski definition) is 2. The number of β-lactam (4-membered cyclic amide) rings is 1. The van der Waals surface area contributed by atoms with Crippen LogP contribution in [0.15, 0.2) is 102 Å². The van der Waals surface area contributed by atoms with E-state index in [-0.39, 0.29) is 12.3 Å². The molecule has 2 amide bonds. The number of hydrogen-bond acceptors (Lipinski definition) is 7. The summed E-state index contributed by atoms with van der Waals surface area (Å²) in [5.41, 5.74) is 1.99. The Bertz CT molecular complexity index is 1290. The maximum absolute atomic E-state index is 13.5. The van der Waals surface area contributed by atoms with Crippen molar-refractivity contribution in [2.24, 2.45) is 0 Å². The van der Waals surface area contributed by atoms with Crippen LogP contribution in [0.2, 0.25) is 0 Å². The number of thioether (sulfide) groups is 1. The lowest BCUT2D eigenvalue weighted by molar-refractivity contribution is -0.155. The van der Waals surface area contributed by atoms with Crippen molar-refractivity contribution in [3.63, 3.8) is 0 Å². The minimum Gasteiger partial charge on any atom is -0.484 e. The van der Waals surface area contributed by atoms with Gasteiger partial charge in [0.05, 0.1) is 6.61 Å². The van der Waals surface area contributed by atoms with E-state index in [1.165, 1.54) is 16.7 Å². The summed E-state index contributed by atoms with van der Waals surface area (Å²) in [5, 5.41) is 12.2. The molecular weight excluding hydrogens is 504 g/mol. The molecular formula is C29H26N2O6S. The average molecular weight is 531 g/mol. The van der Waals surface area contributed by atoms with E-state index in [4.69, 9.17) is 9.47 Å². The van der Waals surface area contributed by atoms with Gasteiger partial charge in [-0.3, -0.25) is 14.5 Å². The minimum absolute atomic E-state index is 0.0316. The fourth-order valence-corrected chi connectivity index (χ4v) is 5.76. The van der Waals surface area contributed by atoms with Crippen LogP contribution in [0.4, 0.5) is 0 Å². The first-order chi connectivity index (χ1) is 18.6. The number of aliphatic hydroxyl groups excluding tert-OH is 1. The lowest BCUT2D eigenvalue weighted by Gasteiger charge is -2.49. The fourth-order valence-electron chi connectivity index (χ4n) is 4.42. The van der Waals surface area contributed by atoms with Gasteiger partial charge in [-0.15, -0.1) is 11.8 Å². The normalized spacial score (nSPS) is 18.5. The van der Waals surface area contributed by atoms with Gasteiger partial charge in [0, 0.05) is 5.75 Å². The number of fused-ring (bicyclic) bond motifs is 1. The van der Waals surface area contributed by atoms with Crippen molar-refractivity contribution >= 4 is 29.5 Å². The van der Waals surface area contributed by atoms with E-state index in [9.17, 15) is 19.5 Å². The number of para-hydroxylation sites is 1. The molecule has 2 aliphatic rings. The number of rotatable bonds is 9. The second-order valence-electron chi connectivity index (χ2n) is 8.77. The number of benzene rings is 3. The summed E-state index contributed by atoms with van der Waals surface area (Å²) in [6.07, 6.45) is -0.701. The topological polar surface area (TPSA) is 105 Å². The van der Waals surface area contributed by atoms with E-state index < -0.39 is 41.9 Å². The zero-order chi connectivity index (χ0) is 26.5. The third kappa shape index (κ3) is 5.29. The van der Waals surface area contributed by atoms with Gasteiger partial charge in [0.1, 0.15) is 22.9 Å². The average Bonchev–Trinajstić information content (AvgIpc) is 2.98. The summed E-state index contributed by atoms with van der Waals surface area (Å²) < 4.78 is 11.5. The zero-order valence-corrected chi connectivity index (χ0v) is 21.2. The Hall–Kier alpha value is -4.08. The first kappa shape index (κ1) is 25.6. The smallest absolute Gasteiger partial charge is 0.356 e. The number of nitrogens with one attached hydrogen (secondary N) is 1. The number of ether oxygens (including phenoxy) is 2. The molecule has 0 radical (unpaired) electrons. The quantitative estimate of drug-likeness (QED) is 0.324. The van der Waals surface area contributed by atoms with E-state index in [2.05, 4.69) is 5.32 Å². The van der Waals surface area contributed by atoms with Crippen LogP contribution in [-0.2, 0) is 19.1 Å². The van der Waals surface area contributed by atoms with Crippen LogP contribution >= 0.6 is 11.8 Å². The highest BCUT2D eigenvalue weighted by molar-refractivity contribution is 8.00. The van der Waals surface area contributed by atoms with Crippen LogP contribution in [0.1, 0.15) is 17.2 Å². The van der Waals surface area contributed by atoms with Gasteiger partial charge in [0.15, 0.2) is 12.7 Å². The molecule has 1 saturated heterocycles. The maximum atomic E-state index is 13.5. The highest BCUT2D eigenvalue weighted by Gasteiger charge is 2.54. The highest BCUT2D eigenvalue weighted by atomic mass is 32.2. The molecule has 2 heterocycles. The Morgan fingerprint density at radius 2 is 1.53 bits per heavy atom. The molecule has 3 aromatic carbocycles. The molecule has 8 nitrogen and oxygen atoms in total. The molecule has 0 spiro atoms. The molecule has 0 aromatic heterocycles. The van der Waals surface area contributed by atoms with Crippen LogP contribution in [0.5, 0.6) is 5.75 Å². The van der Waals surface area contributed by atoms with E-state index in [0.717, 1.165) is 11.1 Å². The first-order valence-corrected chi connectivity index (χ1v) is 13.2. The molecule has 0 unspecified atom stereocenters. The predicted octanol–water partition coefficient (Wildman–Crippen LogP) is 3.04. The lowest BCUT2D eigenvalue weighted by Crippen LogP contribution is -2.71. The summed E-state index contributed by atoms with van der Waals surface area (Å²) in [6, 6.07) is 26.7. The number of aliphatic hydroxyl groups is 1. The minimum atomic E-state index is -0.811. The molecule has 0 aliphatic carbocycles. The Morgan fingerprint density at radius 1 is 0.947 bits per heavy atom. The summed E-state index contributed by atoms with van der Waals surface area (Å²) in [7, 11) is 0. The van der Waals surface area contributed by atoms with Gasteiger partial charge in [-0.1, -0.05) is 78.9 Å². The predicted molar refractivity (Wildman–Crippen MR) is 142 cm³/mol. The Labute approximate surface area is 224 Å². The summed E-state index contributed by atoms with van der Waals surface area (Å²) in [6.45, 7) is -0.634. The number of amides is 2. The van der Waals surface area contributed by atoms with Crippen LogP contribution in [0.25, 0.3) is 0 Å². The van der Waals surface area contributed by atoms with Gasteiger partial charge in [-0.05, 0) is 28.8 Å². The third-order valence-corrected chi connectivity index (χ3v) is 7.63. The van der Waals surface area contributed by atoms with Crippen molar-refractivity contribution in [3.8, 4) is 5.75 Å². The molecule has 3 aromatic rings. The van der Waals surface area contributed by atoms with Crippen molar-refractivity contribution < 1.29 is 29.0 Å². The van der Waals surface area contributed by atoms with Crippen LogP contribution in [0.3, 0.4) is 0 Å². The zero-order valence-electron chi connectivity index (χ0n) is 20.4. The molecule has 2 N–H and O–H groups in total. The molecule has 0 bridgehead atoms. The van der Waals surface area contributed by atoms with Crippen LogP contribution in [-0.4, -0.2) is 58.2 Å². The fraction of sp³-hybridized carbons (Fsp3) is 0.207. The number of carbonyl (C=O) groups excluding carboxylic acids is 3. The number of carbonyl (C=O) groups is 3. The first-order valence-electron chi connectivity index (χ1n) is 12.1. The molecule has 2 atom stereocenters. The van der Waals surface area contributed by atoms with Gasteiger partial charge >= 0.3 is 5.97 Å². The van der Waals surface area contributed by atoms with Gasteiger partial charge < -0.3 is 19.9 Å². The van der Waals surface area contributed by atoms with Crippen LogP contribution in [0, 0.1) is 0 Å². The second kappa shape index (κ2) is 11.5. The number of esters is 1. The maximum Gasteiger partial charge on any atom is 0.356 e. The SMILES string of the molecule is O=C(COc1ccccc1)N[C@H]1C(=O)N2C(C(=O)OC(c3ccccc3)c3ccccc3)=C(CO)CS[C@H]12. The molecule has 5 rings (SSSR count). The van der Waals surface area contributed by atoms with Crippen molar-refractivity contribution in [3.05, 3.63) is 113 Å². The van der Waals surface area contributed by atoms with Gasteiger partial charge in [-0.2, -0.15) is 0 Å². The summed E-state index contributed by atoms with van der Waals surface area (Å²) in [4.78, 5) is 40.5. The van der Waals surface area contributed by atoms with Crippen molar-refractivity contribution in [2.75, 3.05) is 19.0 Å². The standard InChI is InChI=1S/C29H26N2O6S/c32-16-21-18-38-28-24(30-23(33)17-36-22-14-8-3-9-15-22)27(34)31(28)25(21)29(35)37-26(19-10-4-1-5-11-19)20-12-6-2-7-13-20/h1-15,24,26,28,32H,16-18H2,(H,30,33)/t24-,28+/m0/s1.